The van der Waals surface area contributed by atoms with Gasteiger partial charge in [-0.3, -0.25) is 4.79 Å². The highest BCUT2D eigenvalue weighted by Gasteiger charge is 2.23. The van der Waals surface area contributed by atoms with Crippen LogP contribution in [0, 0.1) is 11.3 Å². The van der Waals surface area contributed by atoms with Gasteiger partial charge in [-0.15, -0.1) is 0 Å². The lowest BCUT2D eigenvalue weighted by Gasteiger charge is -2.17. The maximum atomic E-state index is 12.2. The Hall–Kier alpha value is -2.65. The second-order valence-electron chi connectivity index (χ2n) is 5.39. The maximum Gasteiger partial charge on any atom is 0.255 e. The molecule has 0 aromatic heterocycles. The van der Waals surface area contributed by atoms with Crippen molar-refractivity contribution in [2.45, 2.75) is 17.7 Å². The Bertz CT molecular complexity index is 927. The number of nitrogens with one attached hydrogen (secondary N) is 1. The molecule has 2 aromatic rings. The standard InChI is InChI=1S/C17H14N2O3S/c18-11-12-3-1-4-14(9-12)17(20)19-15-6-7-16-13(10-15)5-2-8-23(16,21)22/h1,3-4,6-7,9-10H,2,5,8H2,(H,19,20). The molecule has 0 fully saturated rings. The molecule has 1 aliphatic rings. The SMILES string of the molecule is N#Cc1cccc(C(=O)Nc2ccc3c(c2)CCCS3(=O)=O)c1. The molecule has 2 aromatic carbocycles. The first-order valence-electron chi connectivity index (χ1n) is 7.17. The highest BCUT2D eigenvalue weighted by molar-refractivity contribution is 7.91. The molecular weight excluding hydrogens is 312 g/mol. The van der Waals surface area contributed by atoms with Crippen molar-refractivity contribution in [1.82, 2.24) is 0 Å². The van der Waals surface area contributed by atoms with E-state index in [1.807, 2.05) is 6.07 Å². The number of sulfone groups is 1. The second-order valence-corrected chi connectivity index (χ2v) is 7.47. The molecule has 23 heavy (non-hydrogen) atoms. The number of aryl methyl sites for hydroxylation is 1. The van der Waals surface area contributed by atoms with Gasteiger partial charge in [-0.25, -0.2) is 8.42 Å². The van der Waals surface area contributed by atoms with Gasteiger partial charge in [0.2, 0.25) is 0 Å². The Labute approximate surface area is 134 Å². The van der Waals surface area contributed by atoms with Crippen LogP contribution in [0.3, 0.4) is 0 Å². The Morgan fingerprint density at radius 3 is 2.78 bits per heavy atom. The Kier molecular flexibility index (Phi) is 3.89. The average molecular weight is 326 g/mol. The van der Waals surface area contributed by atoms with E-state index in [-0.39, 0.29) is 11.7 Å². The van der Waals surface area contributed by atoms with Crippen LogP contribution in [-0.2, 0) is 16.3 Å². The number of anilines is 1. The van der Waals surface area contributed by atoms with Crippen molar-refractivity contribution in [3.8, 4) is 6.07 Å². The fraction of sp³-hybridized carbons (Fsp3) is 0.176. The molecule has 0 spiro atoms. The smallest absolute Gasteiger partial charge is 0.255 e. The van der Waals surface area contributed by atoms with Crippen molar-refractivity contribution in [2.75, 3.05) is 11.1 Å². The lowest BCUT2D eigenvalue weighted by Crippen LogP contribution is -2.17. The summed E-state index contributed by atoms with van der Waals surface area (Å²) in [4.78, 5) is 12.6. The van der Waals surface area contributed by atoms with Crippen molar-refractivity contribution in [2.24, 2.45) is 0 Å². The summed E-state index contributed by atoms with van der Waals surface area (Å²) in [6, 6.07) is 13.2. The van der Waals surface area contributed by atoms with E-state index in [0.717, 1.165) is 5.56 Å². The van der Waals surface area contributed by atoms with E-state index in [1.165, 1.54) is 6.07 Å². The first-order valence-corrected chi connectivity index (χ1v) is 8.82. The van der Waals surface area contributed by atoms with Crippen molar-refractivity contribution >= 4 is 21.4 Å². The van der Waals surface area contributed by atoms with Crippen LogP contribution >= 0.6 is 0 Å². The molecule has 0 unspecified atom stereocenters. The van der Waals surface area contributed by atoms with Crippen molar-refractivity contribution in [3.63, 3.8) is 0 Å². The number of nitriles is 1. The number of carbonyl (C=O) groups is 1. The third-order valence-corrected chi connectivity index (χ3v) is 5.66. The van der Waals surface area contributed by atoms with Crippen LogP contribution in [0.4, 0.5) is 5.69 Å². The molecule has 3 rings (SSSR count). The molecule has 1 amide bonds. The van der Waals surface area contributed by atoms with E-state index in [4.69, 9.17) is 5.26 Å². The first kappa shape index (κ1) is 15.3. The van der Waals surface area contributed by atoms with E-state index < -0.39 is 9.84 Å². The van der Waals surface area contributed by atoms with E-state index in [1.54, 1.807) is 36.4 Å². The molecule has 0 bridgehead atoms. The van der Waals surface area contributed by atoms with E-state index >= 15 is 0 Å². The minimum absolute atomic E-state index is 0.173. The first-order chi connectivity index (χ1) is 11.0. The molecule has 0 saturated carbocycles. The quantitative estimate of drug-likeness (QED) is 0.918. The summed E-state index contributed by atoms with van der Waals surface area (Å²) < 4.78 is 24.0. The minimum atomic E-state index is -3.20. The molecular formula is C17H14N2O3S. The average Bonchev–Trinajstić information content (AvgIpc) is 2.54. The van der Waals surface area contributed by atoms with E-state index in [9.17, 15) is 13.2 Å². The van der Waals surface area contributed by atoms with Gasteiger partial charge >= 0.3 is 0 Å². The van der Waals surface area contributed by atoms with Gasteiger partial charge < -0.3 is 5.32 Å². The zero-order chi connectivity index (χ0) is 16.4. The third kappa shape index (κ3) is 3.10. The zero-order valence-electron chi connectivity index (χ0n) is 12.2. The number of carbonyl (C=O) groups excluding carboxylic acids is 1. The number of benzene rings is 2. The monoisotopic (exact) mass is 326 g/mol. The fourth-order valence-electron chi connectivity index (χ4n) is 2.65. The number of amides is 1. The molecule has 116 valence electrons. The van der Waals surface area contributed by atoms with Crippen LogP contribution in [0.5, 0.6) is 0 Å². The Morgan fingerprint density at radius 2 is 2.00 bits per heavy atom. The number of fused-ring (bicyclic) bond motifs is 1. The van der Waals surface area contributed by atoms with Gasteiger partial charge in [0.1, 0.15) is 0 Å². The molecule has 1 heterocycles. The van der Waals surface area contributed by atoms with E-state index in [0.29, 0.717) is 34.6 Å². The predicted octanol–water partition coefficient (Wildman–Crippen LogP) is 2.53. The molecule has 5 nitrogen and oxygen atoms in total. The highest BCUT2D eigenvalue weighted by Crippen LogP contribution is 2.27. The van der Waals surface area contributed by atoms with Gasteiger partial charge in [-0.1, -0.05) is 6.07 Å². The summed E-state index contributed by atoms with van der Waals surface area (Å²) >= 11 is 0. The van der Waals surface area contributed by atoms with Crippen LogP contribution < -0.4 is 5.32 Å². The van der Waals surface area contributed by atoms with Gasteiger partial charge in [-0.05, 0) is 54.8 Å². The molecule has 1 aliphatic heterocycles. The van der Waals surface area contributed by atoms with Crippen molar-refractivity contribution in [1.29, 1.82) is 5.26 Å². The van der Waals surface area contributed by atoms with Crippen LogP contribution in [0.15, 0.2) is 47.4 Å². The molecule has 6 heteroatoms. The summed E-state index contributed by atoms with van der Waals surface area (Å²) in [5.74, 6) is -0.159. The molecule has 0 aliphatic carbocycles. The number of nitrogens with zero attached hydrogens (tertiary/aromatic N) is 1. The summed E-state index contributed by atoms with van der Waals surface area (Å²) in [5.41, 5.74) is 2.08. The van der Waals surface area contributed by atoms with Crippen LogP contribution in [-0.4, -0.2) is 20.1 Å². The van der Waals surface area contributed by atoms with E-state index in [2.05, 4.69) is 5.32 Å². The van der Waals surface area contributed by atoms with Gasteiger partial charge in [0.15, 0.2) is 9.84 Å². The Balaban J connectivity index is 1.86. The summed E-state index contributed by atoms with van der Waals surface area (Å²) in [6.07, 6.45) is 1.28. The summed E-state index contributed by atoms with van der Waals surface area (Å²) in [5, 5.41) is 11.6. The zero-order valence-corrected chi connectivity index (χ0v) is 13.1. The molecule has 0 saturated heterocycles. The minimum Gasteiger partial charge on any atom is -0.322 e. The third-order valence-electron chi connectivity index (χ3n) is 3.77. The van der Waals surface area contributed by atoms with Crippen LogP contribution in [0.1, 0.15) is 27.9 Å². The van der Waals surface area contributed by atoms with Crippen molar-refractivity contribution < 1.29 is 13.2 Å². The highest BCUT2D eigenvalue weighted by atomic mass is 32.2. The largest absolute Gasteiger partial charge is 0.322 e. The lowest BCUT2D eigenvalue weighted by atomic mass is 10.1. The molecule has 0 atom stereocenters. The fourth-order valence-corrected chi connectivity index (χ4v) is 4.23. The number of rotatable bonds is 2. The summed E-state index contributed by atoms with van der Waals surface area (Å²) in [7, 11) is -3.20. The normalized spacial score (nSPS) is 15.3. The Morgan fingerprint density at radius 1 is 1.17 bits per heavy atom. The summed E-state index contributed by atoms with van der Waals surface area (Å²) in [6.45, 7) is 0. The van der Waals surface area contributed by atoms with Gasteiger partial charge in [-0.2, -0.15) is 5.26 Å². The van der Waals surface area contributed by atoms with Gasteiger partial charge in [0.25, 0.3) is 5.91 Å². The predicted molar refractivity (Wildman–Crippen MR) is 85.9 cm³/mol. The van der Waals surface area contributed by atoms with Crippen LogP contribution in [0.25, 0.3) is 0 Å². The second kappa shape index (κ2) is 5.86. The molecule has 1 N–H and O–H groups in total. The molecule has 0 radical (unpaired) electrons. The van der Waals surface area contributed by atoms with Gasteiger partial charge in [0, 0.05) is 11.3 Å². The van der Waals surface area contributed by atoms with Gasteiger partial charge in [0.05, 0.1) is 22.3 Å². The van der Waals surface area contributed by atoms with Crippen molar-refractivity contribution in [3.05, 3.63) is 59.2 Å². The number of hydrogen-bond donors (Lipinski definition) is 1. The lowest BCUT2D eigenvalue weighted by molar-refractivity contribution is 0.102. The van der Waals surface area contributed by atoms with Crippen LogP contribution in [0.2, 0.25) is 0 Å². The topological polar surface area (TPSA) is 87.0 Å². The number of hydrogen-bond acceptors (Lipinski definition) is 4. The maximum absolute atomic E-state index is 12.2.